The number of aliphatic carboxylic acids is 1. The van der Waals surface area contributed by atoms with E-state index in [0.29, 0.717) is 0 Å². The van der Waals surface area contributed by atoms with Crippen LogP contribution in [-0.2, 0) is 4.79 Å². The highest BCUT2D eigenvalue weighted by atomic mass is 16.4. The van der Waals surface area contributed by atoms with E-state index in [9.17, 15) is 9.90 Å². The maximum absolute atomic E-state index is 11.0. The van der Waals surface area contributed by atoms with E-state index in [1.807, 2.05) is 5.32 Å². The molecule has 3 N–H and O–H groups in total. The lowest BCUT2D eigenvalue weighted by Gasteiger charge is -2.09. The Morgan fingerprint density at radius 3 is 2.77 bits per heavy atom. The molecule has 0 saturated carbocycles. The van der Waals surface area contributed by atoms with E-state index in [2.05, 4.69) is 0 Å². The summed E-state index contributed by atoms with van der Waals surface area (Å²) in [7, 11) is 0. The fraction of sp³-hybridized carbons (Fsp3) is 0.222. The maximum atomic E-state index is 11.0. The summed E-state index contributed by atoms with van der Waals surface area (Å²) in [5, 5.41) is 20.1. The van der Waals surface area contributed by atoms with E-state index >= 15 is 0 Å². The third-order valence-corrected chi connectivity index (χ3v) is 1.10. The lowest BCUT2D eigenvalue weighted by atomic mass is 10.2. The number of rotatable bonds is 3. The molecule has 0 fully saturated rings. The highest BCUT2D eigenvalue weighted by molar-refractivity contribution is 5.76. The smallest absolute Gasteiger partial charge is 0.325 e. The third kappa shape index (κ3) is 2.66. The number of aromatic hydroxyl groups is 1. The van der Waals surface area contributed by atoms with Crippen LogP contribution < -0.4 is 5.32 Å². The van der Waals surface area contributed by atoms with Crippen LogP contribution in [0.4, 0.5) is 5.69 Å². The average Bonchev–Trinajstić information content (AvgIpc) is 2.38. The van der Waals surface area contributed by atoms with Crippen molar-refractivity contribution in [2.45, 2.75) is 12.9 Å². The molecular weight excluding hydrogens is 170 g/mol. The van der Waals surface area contributed by atoms with Gasteiger partial charge in [0.1, 0.15) is 11.8 Å². The highest BCUT2D eigenvalue weighted by Gasteiger charge is 2.09. The Hall–Kier alpha value is -1.71. The number of hydrogen-bond donors (Lipinski definition) is 3. The summed E-state index contributed by atoms with van der Waals surface area (Å²) in [6.07, 6.45) is 0. The van der Waals surface area contributed by atoms with Gasteiger partial charge in [-0.2, -0.15) is 0 Å². The van der Waals surface area contributed by atoms with Crippen LogP contribution in [-0.4, -0.2) is 22.2 Å². The van der Waals surface area contributed by atoms with Gasteiger partial charge in [0.05, 0.1) is 6.85 Å². The molecule has 1 aromatic carbocycles. The summed E-state index contributed by atoms with van der Waals surface area (Å²) in [5.74, 6) is -2.79. The van der Waals surface area contributed by atoms with Crippen molar-refractivity contribution >= 4 is 11.7 Å². The molecule has 0 radical (unpaired) electrons. The van der Waals surface area contributed by atoms with Crippen LogP contribution in [0.25, 0.3) is 0 Å². The molecule has 0 bridgehead atoms. The van der Waals surface area contributed by atoms with Gasteiger partial charge < -0.3 is 15.5 Å². The molecule has 0 heterocycles. The first-order valence-corrected chi connectivity index (χ1v) is 3.19. The number of benzene rings is 1. The number of anilines is 1. The van der Waals surface area contributed by atoms with Gasteiger partial charge in [0.15, 0.2) is 0 Å². The van der Waals surface area contributed by atoms with E-state index in [1.54, 1.807) is 0 Å². The van der Waals surface area contributed by atoms with Gasteiger partial charge in [-0.1, -0.05) is 0 Å². The Labute approximate surface area is 85.7 Å². The first-order valence-electron chi connectivity index (χ1n) is 6.84. The SMILES string of the molecule is [2H]c1c([2H])c(NC([2H])(C(=O)O)C([2H])[2H])c([2H])c([2H])c1O. The first-order chi connectivity index (χ1) is 9.04. The third-order valence-electron chi connectivity index (χ3n) is 1.10. The van der Waals surface area contributed by atoms with E-state index in [4.69, 9.17) is 14.7 Å². The lowest BCUT2D eigenvalue weighted by Crippen LogP contribution is -2.25. The van der Waals surface area contributed by atoms with Crippen LogP contribution in [0.15, 0.2) is 24.2 Å². The molecule has 0 aliphatic carbocycles. The quantitative estimate of drug-likeness (QED) is 0.625. The van der Waals surface area contributed by atoms with Crippen molar-refractivity contribution in [1.82, 2.24) is 0 Å². The standard InChI is InChI=1S/C9H11NO3/c1-6(9(12)13)10-7-2-4-8(11)5-3-7/h2-6,10-11H,1H3,(H,12,13)/i1D2,2D,3D,4D,5D,6D. The van der Waals surface area contributed by atoms with Crippen LogP contribution in [0.5, 0.6) is 5.75 Å². The maximum Gasteiger partial charge on any atom is 0.325 e. The first kappa shape index (κ1) is 3.57. The molecule has 1 rings (SSSR count). The predicted octanol–water partition coefficient (Wildman–Crippen LogP) is 1.28. The predicted molar refractivity (Wildman–Crippen MR) is 48.8 cm³/mol. The number of phenolic OH excluding ortho intramolecular Hbond substituents is 1. The van der Waals surface area contributed by atoms with Gasteiger partial charge in [0.2, 0.25) is 0 Å². The molecule has 0 aromatic heterocycles. The van der Waals surface area contributed by atoms with Crippen LogP contribution in [0.2, 0.25) is 0 Å². The molecule has 13 heavy (non-hydrogen) atoms. The summed E-state index contributed by atoms with van der Waals surface area (Å²) in [5.41, 5.74) is -0.667. The fourth-order valence-electron chi connectivity index (χ4n) is 0.557. The summed E-state index contributed by atoms with van der Waals surface area (Å²) < 4.78 is 51.4. The van der Waals surface area contributed by atoms with Gasteiger partial charge in [0, 0.05) is 8.43 Å². The number of carboxylic acids is 1. The number of phenols is 1. The molecule has 1 atom stereocenters. The Morgan fingerprint density at radius 1 is 1.69 bits per heavy atom. The van der Waals surface area contributed by atoms with E-state index < -0.39 is 54.5 Å². The molecule has 70 valence electrons. The lowest BCUT2D eigenvalue weighted by molar-refractivity contribution is -0.137. The zero-order valence-corrected chi connectivity index (χ0v) is 6.38. The zero-order valence-electron chi connectivity index (χ0n) is 13.4. The van der Waals surface area contributed by atoms with Gasteiger partial charge in [-0.15, -0.1) is 0 Å². The van der Waals surface area contributed by atoms with Crippen LogP contribution >= 0.6 is 0 Å². The van der Waals surface area contributed by atoms with Crippen LogP contribution in [0.3, 0.4) is 0 Å². The summed E-state index contributed by atoms with van der Waals surface area (Å²) in [4.78, 5) is 11.0. The van der Waals surface area contributed by atoms with Gasteiger partial charge in [-0.25, -0.2) is 0 Å². The van der Waals surface area contributed by atoms with Crippen molar-refractivity contribution in [2.75, 3.05) is 5.32 Å². The molecule has 0 spiro atoms. The molecule has 4 nitrogen and oxygen atoms in total. The second kappa shape index (κ2) is 3.80. The second-order valence-corrected chi connectivity index (χ2v) is 2.07. The number of nitrogens with one attached hydrogen (secondary N) is 1. The molecule has 4 heteroatoms. The van der Waals surface area contributed by atoms with Crippen molar-refractivity contribution < 1.29 is 24.6 Å². The van der Waals surface area contributed by atoms with E-state index in [1.165, 1.54) is 0 Å². The van der Waals surface area contributed by atoms with E-state index in [-0.39, 0.29) is 0 Å². The fourth-order valence-corrected chi connectivity index (χ4v) is 0.557. The van der Waals surface area contributed by atoms with Crippen molar-refractivity contribution in [3.63, 3.8) is 0 Å². The molecule has 0 aliphatic rings. The highest BCUT2D eigenvalue weighted by Crippen LogP contribution is 2.14. The largest absolute Gasteiger partial charge is 0.508 e. The summed E-state index contributed by atoms with van der Waals surface area (Å²) in [6, 6.07) is -6.08. The summed E-state index contributed by atoms with van der Waals surface area (Å²) >= 11 is 0. The summed E-state index contributed by atoms with van der Waals surface area (Å²) in [6.45, 7) is -2.20. The normalized spacial score (nSPS) is 22.4. The minimum absolute atomic E-state index is 0.667. The number of carbonyl (C=O) groups is 1. The average molecular weight is 188 g/mol. The second-order valence-electron chi connectivity index (χ2n) is 2.07. The molecule has 0 aliphatic heterocycles. The number of hydrogen-bond acceptors (Lipinski definition) is 3. The Kier molecular flexibility index (Phi) is 1.04. The molecule has 1 aromatic rings. The minimum Gasteiger partial charge on any atom is -0.508 e. The van der Waals surface area contributed by atoms with Crippen LogP contribution in [0, 0.1) is 0 Å². The Bertz CT molecular complexity index is 536. The molecule has 1 unspecified atom stereocenters. The number of carboxylic acid groups (broad SMARTS) is 1. The van der Waals surface area contributed by atoms with Crippen LogP contribution in [0.1, 0.15) is 16.5 Å². The van der Waals surface area contributed by atoms with Gasteiger partial charge in [-0.3, -0.25) is 4.79 Å². The van der Waals surface area contributed by atoms with Gasteiger partial charge in [-0.05, 0) is 31.0 Å². The monoisotopic (exact) mass is 188 g/mol. The molecule has 0 amide bonds. The van der Waals surface area contributed by atoms with Gasteiger partial charge in [0.25, 0.3) is 0 Å². The molecule has 0 saturated heterocycles. The van der Waals surface area contributed by atoms with Crippen molar-refractivity contribution in [1.29, 1.82) is 0 Å². The Balaban J connectivity index is 3.46. The Morgan fingerprint density at radius 2 is 2.31 bits per heavy atom. The van der Waals surface area contributed by atoms with Crippen molar-refractivity contribution in [3.05, 3.63) is 24.2 Å². The van der Waals surface area contributed by atoms with E-state index in [0.717, 1.165) is 0 Å². The topological polar surface area (TPSA) is 69.6 Å². The van der Waals surface area contributed by atoms with Gasteiger partial charge >= 0.3 is 5.97 Å². The zero-order chi connectivity index (χ0) is 15.8. The van der Waals surface area contributed by atoms with Crippen molar-refractivity contribution in [3.8, 4) is 5.75 Å². The van der Waals surface area contributed by atoms with Crippen molar-refractivity contribution in [2.24, 2.45) is 0 Å². The molecular formula is C9H11NO3. The minimum atomic E-state index is -2.87.